The quantitative estimate of drug-likeness (QED) is 0.537. The molecule has 0 bridgehead atoms. The molecule has 0 radical (unpaired) electrons. The molecule has 0 amide bonds. The fraction of sp³-hybridized carbons (Fsp3) is 0.158. The van der Waals surface area contributed by atoms with Crippen LogP contribution in [0.25, 0.3) is 17.0 Å². The first-order valence-electron chi connectivity index (χ1n) is 8.31. The lowest BCUT2D eigenvalue weighted by atomic mass is 10.2. The highest BCUT2D eigenvalue weighted by Gasteiger charge is 2.09. The molecule has 0 aliphatic carbocycles. The molecule has 0 aliphatic rings. The summed E-state index contributed by atoms with van der Waals surface area (Å²) in [5.41, 5.74) is 3.18. The van der Waals surface area contributed by atoms with Gasteiger partial charge >= 0.3 is 0 Å². The molecule has 4 aromatic rings. The molecule has 3 heterocycles. The zero-order valence-electron chi connectivity index (χ0n) is 14.8. The average Bonchev–Trinajstić information content (AvgIpc) is 3.16. The molecule has 8 heteroatoms. The molecule has 0 spiro atoms. The summed E-state index contributed by atoms with van der Waals surface area (Å²) in [5.74, 6) is 1.98. The van der Waals surface area contributed by atoms with E-state index in [1.165, 1.54) is 11.8 Å². The molecule has 7 nitrogen and oxygen atoms in total. The first-order valence-corrected chi connectivity index (χ1v) is 9.29. The van der Waals surface area contributed by atoms with Crippen molar-refractivity contribution in [2.24, 2.45) is 0 Å². The van der Waals surface area contributed by atoms with Gasteiger partial charge in [0.05, 0.1) is 12.8 Å². The van der Waals surface area contributed by atoms with E-state index in [-0.39, 0.29) is 5.56 Å². The minimum atomic E-state index is -0.0896. The van der Waals surface area contributed by atoms with E-state index in [1.54, 1.807) is 23.8 Å². The van der Waals surface area contributed by atoms with Gasteiger partial charge in [-0.15, -0.1) is 5.10 Å². The lowest BCUT2D eigenvalue weighted by Gasteiger charge is -2.04. The Morgan fingerprint density at radius 1 is 1.15 bits per heavy atom. The molecule has 3 aromatic heterocycles. The minimum Gasteiger partial charge on any atom is -0.497 e. The van der Waals surface area contributed by atoms with E-state index >= 15 is 0 Å². The average molecular weight is 379 g/mol. The van der Waals surface area contributed by atoms with E-state index in [4.69, 9.17) is 4.74 Å². The van der Waals surface area contributed by atoms with Gasteiger partial charge in [0.15, 0.2) is 5.82 Å². The van der Waals surface area contributed by atoms with Crippen LogP contribution >= 0.6 is 11.8 Å². The van der Waals surface area contributed by atoms with Gasteiger partial charge in [-0.05, 0) is 42.8 Å². The third-order valence-corrected chi connectivity index (χ3v) is 4.92. The van der Waals surface area contributed by atoms with E-state index in [9.17, 15) is 4.79 Å². The smallest absolute Gasteiger partial charge is 0.258 e. The van der Waals surface area contributed by atoms with E-state index in [1.807, 2.05) is 43.3 Å². The number of pyridine rings is 1. The molecule has 1 N–H and O–H groups in total. The number of hydrogen-bond donors (Lipinski definition) is 1. The van der Waals surface area contributed by atoms with Crippen LogP contribution in [-0.2, 0) is 5.75 Å². The Balaban J connectivity index is 1.50. The van der Waals surface area contributed by atoms with E-state index in [0.29, 0.717) is 28.1 Å². The van der Waals surface area contributed by atoms with Gasteiger partial charge in [0.25, 0.3) is 5.56 Å². The first-order chi connectivity index (χ1) is 13.1. The van der Waals surface area contributed by atoms with Gasteiger partial charge in [0.2, 0.25) is 5.16 Å². The predicted molar refractivity (Wildman–Crippen MR) is 104 cm³/mol. The third-order valence-electron chi connectivity index (χ3n) is 4.04. The summed E-state index contributed by atoms with van der Waals surface area (Å²) in [6, 6.07) is 12.9. The van der Waals surface area contributed by atoms with Crippen LogP contribution in [0.2, 0.25) is 0 Å². The van der Waals surface area contributed by atoms with Crippen molar-refractivity contribution in [1.29, 1.82) is 0 Å². The first kappa shape index (κ1) is 17.3. The zero-order valence-corrected chi connectivity index (χ0v) is 15.7. The molecule has 1 aromatic carbocycles. The largest absolute Gasteiger partial charge is 0.497 e. The number of aromatic nitrogens is 5. The molecular weight excluding hydrogens is 362 g/mol. The second-order valence-corrected chi connectivity index (χ2v) is 6.95. The van der Waals surface area contributed by atoms with Crippen molar-refractivity contribution in [3.63, 3.8) is 0 Å². The maximum absolute atomic E-state index is 12.3. The number of aromatic amines is 1. The number of methoxy groups -OCH3 is 1. The number of fused-ring (bicyclic) bond motifs is 1. The maximum Gasteiger partial charge on any atom is 0.258 e. The highest BCUT2D eigenvalue weighted by Crippen LogP contribution is 2.23. The van der Waals surface area contributed by atoms with Crippen molar-refractivity contribution in [3.05, 3.63) is 70.3 Å². The van der Waals surface area contributed by atoms with Gasteiger partial charge in [0, 0.05) is 23.6 Å². The SMILES string of the molecule is COc1ccc(-c2nc(SCc3cc(=O)n4cc(C)ccc4n3)n[nH]2)cc1. The predicted octanol–water partition coefficient (Wildman–Crippen LogP) is 3.09. The van der Waals surface area contributed by atoms with Crippen LogP contribution in [-0.4, -0.2) is 31.7 Å². The van der Waals surface area contributed by atoms with Gasteiger partial charge in [-0.3, -0.25) is 14.3 Å². The Hall–Kier alpha value is -3.13. The fourth-order valence-electron chi connectivity index (χ4n) is 2.66. The van der Waals surface area contributed by atoms with E-state index in [2.05, 4.69) is 20.2 Å². The third kappa shape index (κ3) is 3.70. The van der Waals surface area contributed by atoms with Crippen molar-refractivity contribution in [1.82, 2.24) is 24.6 Å². The second kappa shape index (κ2) is 7.24. The molecule has 0 saturated heterocycles. The van der Waals surface area contributed by atoms with Crippen molar-refractivity contribution < 1.29 is 4.74 Å². The summed E-state index contributed by atoms with van der Waals surface area (Å²) in [6.45, 7) is 1.94. The van der Waals surface area contributed by atoms with Crippen molar-refractivity contribution in [2.45, 2.75) is 17.8 Å². The van der Waals surface area contributed by atoms with Gasteiger partial charge in [0.1, 0.15) is 11.4 Å². The number of nitrogens with zero attached hydrogens (tertiary/aromatic N) is 4. The van der Waals surface area contributed by atoms with Crippen molar-refractivity contribution >= 4 is 17.4 Å². The Morgan fingerprint density at radius 3 is 2.74 bits per heavy atom. The Bertz CT molecular complexity index is 1150. The van der Waals surface area contributed by atoms with E-state index < -0.39 is 0 Å². The molecule has 27 heavy (non-hydrogen) atoms. The van der Waals surface area contributed by atoms with Crippen LogP contribution < -0.4 is 10.3 Å². The van der Waals surface area contributed by atoms with E-state index in [0.717, 1.165) is 16.9 Å². The van der Waals surface area contributed by atoms with Gasteiger partial charge < -0.3 is 4.74 Å². The summed E-state index contributed by atoms with van der Waals surface area (Å²) in [7, 11) is 1.63. The molecule has 136 valence electrons. The number of aryl methyl sites for hydroxylation is 1. The number of hydrogen-bond acceptors (Lipinski definition) is 6. The number of ether oxygens (including phenoxy) is 1. The van der Waals surface area contributed by atoms with Crippen LogP contribution in [0.15, 0.2) is 58.6 Å². The molecular formula is C19H17N5O2S. The van der Waals surface area contributed by atoms with Crippen LogP contribution in [0.5, 0.6) is 5.75 Å². The van der Waals surface area contributed by atoms with Gasteiger partial charge in [-0.25, -0.2) is 9.97 Å². The standard InChI is InChI=1S/C19H17N5O2S/c1-12-3-8-16-20-14(9-17(25)24(16)10-12)11-27-19-21-18(22-23-19)13-4-6-15(26-2)7-5-13/h3-10H,11H2,1-2H3,(H,21,22,23). The minimum absolute atomic E-state index is 0.0896. The normalized spacial score (nSPS) is 11.0. The number of H-pyrrole nitrogens is 1. The summed E-state index contributed by atoms with van der Waals surface area (Å²) >= 11 is 1.43. The summed E-state index contributed by atoms with van der Waals surface area (Å²) in [4.78, 5) is 21.3. The zero-order chi connectivity index (χ0) is 18.8. The Morgan fingerprint density at radius 2 is 1.96 bits per heavy atom. The number of rotatable bonds is 5. The topological polar surface area (TPSA) is 85.2 Å². The number of thioether (sulfide) groups is 1. The molecule has 0 atom stereocenters. The molecule has 0 unspecified atom stereocenters. The van der Waals surface area contributed by atoms with Gasteiger partial charge in [-0.1, -0.05) is 17.8 Å². The Kier molecular flexibility index (Phi) is 4.64. The Labute approximate surface area is 159 Å². The summed E-state index contributed by atoms with van der Waals surface area (Å²) < 4.78 is 6.71. The molecule has 0 fully saturated rings. The number of nitrogens with one attached hydrogen (secondary N) is 1. The van der Waals surface area contributed by atoms with Crippen molar-refractivity contribution in [3.8, 4) is 17.1 Å². The fourth-order valence-corrected chi connectivity index (χ4v) is 3.35. The lowest BCUT2D eigenvalue weighted by Crippen LogP contribution is -2.15. The van der Waals surface area contributed by atoms with Gasteiger partial charge in [-0.2, -0.15) is 0 Å². The molecule has 0 aliphatic heterocycles. The highest BCUT2D eigenvalue weighted by atomic mass is 32.2. The highest BCUT2D eigenvalue weighted by molar-refractivity contribution is 7.98. The molecule has 0 saturated carbocycles. The second-order valence-electron chi connectivity index (χ2n) is 6.00. The lowest BCUT2D eigenvalue weighted by molar-refractivity contribution is 0.415. The van der Waals surface area contributed by atoms with Crippen LogP contribution in [0.3, 0.4) is 0 Å². The van der Waals surface area contributed by atoms with Crippen LogP contribution in [0.1, 0.15) is 11.3 Å². The summed E-state index contributed by atoms with van der Waals surface area (Å²) in [6.07, 6.45) is 1.79. The summed E-state index contributed by atoms with van der Waals surface area (Å²) in [5, 5.41) is 7.77. The molecule has 4 rings (SSSR count). The number of benzene rings is 1. The van der Waals surface area contributed by atoms with Crippen LogP contribution in [0.4, 0.5) is 0 Å². The monoisotopic (exact) mass is 379 g/mol. The maximum atomic E-state index is 12.3. The van der Waals surface area contributed by atoms with Crippen molar-refractivity contribution in [2.75, 3.05) is 7.11 Å². The van der Waals surface area contributed by atoms with Crippen LogP contribution in [0, 0.1) is 6.92 Å².